The van der Waals surface area contributed by atoms with Gasteiger partial charge in [-0.05, 0) is 29.3 Å². The first-order valence-electron chi connectivity index (χ1n) is 8.43. The van der Waals surface area contributed by atoms with Crippen molar-refractivity contribution in [1.82, 2.24) is 4.98 Å². The molecule has 0 bridgehead atoms. The number of halogens is 1. The Morgan fingerprint density at radius 3 is 2.50 bits per heavy atom. The van der Waals surface area contributed by atoms with Crippen LogP contribution in [-0.4, -0.2) is 10.9 Å². The summed E-state index contributed by atoms with van der Waals surface area (Å²) in [5.74, 6) is -0.0401. The van der Waals surface area contributed by atoms with Gasteiger partial charge < -0.3 is 4.90 Å². The molecule has 2 aromatic carbocycles. The van der Waals surface area contributed by atoms with Gasteiger partial charge in [0.05, 0.1) is 23.6 Å². The van der Waals surface area contributed by atoms with Crippen molar-refractivity contribution in [3.05, 3.63) is 82.5 Å². The van der Waals surface area contributed by atoms with E-state index < -0.39 is 0 Å². The lowest BCUT2D eigenvalue weighted by atomic mass is 10.0. The molecule has 0 N–H and O–H groups in total. The Morgan fingerprint density at radius 1 is 1.00 bits per heavy atom. The van der Waals surface area contributed by atoms with E-state index in [1.54, 1.807) is 11.8 Å². The second-order valence-electron chi connectivity index (χ2n) is 6.24. The van der Waals surface area contributed by atoms with Crippen molar-refractivity contribution in [2.24, 2.45) is 0 Å². The largest absolute Gasteiger partial charge is 0.306 e. The third-order valence-electron chi connectivity index (χ3n) is 4.49. The lowest BCUT2D eigenvalue weighted by Crippen LogP contribution is -2.29. The summed E-state index contributed by atoms with van der Waals surface area (Å²) in [6, 6.07) is 19.7. The zero-order valence-corrected chi connectivity index (χ0v) is 15.1. The van der Waals surface area contributed by atoms with Crippen LogP contribution in [0, 0.1) is 0 Å². The second-order valence-corrected chi connectivity index (χ2v) is 6.68. The summed E-state index contributed by atoms with van der Waals surface area (Å²) in [5.41, 5.74) is 5.59. The van der Waals surface area contributed by atoms with Gasteiger partial charge in [0, 0.05) is 17.5 Å². The van der Waals surface area contributed by atoms with Crippen molar-refractivity contribution >= 4 is 35.3 Å². The Kier molecular flexibility index (Phi) is 4.31. The molecular formula is C22H17ClN2O. The Hall–Kier alpha value is -2.91. The van der Waals surface area contributed by atoms with Crippen LogP contribution in [0.1, 0.15) is 23.7 Å². The van der Waals surface area contributed by atoms with Gasteiger partial charge in [-0.25, -0.2) is 0 Å². The number of rotatable bonds is 1. The van der Waals surface area contributed by atoms with Gasteiger partial charge in [-0.1, -0.05) is 66.2 Å². The minimum Gasteiger partial charge on any atom is -0.306 e. The molecule has 1 aromatic heterocycles. The smallest absolute Gasteiger partial charge is 0.224 e. The number of anilines is 1. The molecule has 2 heterocycles. The summed E-state index contributed by atoms with van der Waals surface area (Å²) in [5, 5.41) is 0.607. The lowest BCUT2D eigenvalue weighted by molar-refractivity contribution is -0.116. The van der Waals surface area contributed by atoms with Gasteiger partial charge in [-0.15, -0.1) is 0 Å². The maximum Gasteiger partial charge on any atom is 0.224 e. The number of nitrogens with zero attached hydrogens (tertiary/aromatic N) is 2. The minimum atomic E-state index is -0.0401. The molecule has 0 atom stereocenters. The van der Waals surface area contributed by atoms with Gasteiger partial charge in [0.15, 0.2) is 0 Å². The number of carbonyl (C=O) groups is 1. The van der Waals surface area contributed by atoms with Crippen LogP contribution in [0.15, 0.2) is 60.7 Å². The van der Waals surface area contributed by atoms with E-state index in [-0.39, 0.29) is 5.91 Å². The highest BCUT2D eigenvalue weighted by atomic mass is 35.5. The van der Waals surface area contributed by atoms with Gasteiger partial charge in [0.25, 0.3) is 0 Å². The third kappa shape index (κ3) is 3.14. The molecule has 1 aliphatic heterocycles. The Labute approximate surface area is 157 Å². The van der Waals surface area contributed by atoms with Gasteiger partial charge in [-0.2, -0.15) is 0 Å². The van der Waals surface area contributed by atoms with E-state index in [9.17, 15) is 4.79 Å². The molecule has 0 saturated carbocycles. The number of fused-ring (bicyclic) bond motifs is 2. The summed E-state index contributed by atoms with van der Waals surface area (Å²) >= 11 is 6.17. The Bertz CT molecular complexity index is 1010. The number of hydrogen-bond donors (Lipinski definition) is 0. The van der Waals surface area contributed by atoms with Crippen molar-refractivity contribution in [2.45, 2.75) is 13.5 Å². The molecule has 0 aliphatic carbocycles. The van der Waals surface area contributed by atoms with Crippen LogP contribution in [0.4, 0.5) is 5.69 Å². The van der Waals surface area contributed by atoms with Crippen molar-refractivity contribution in [3.8, 4) is 11.3 Å². The number of hydrogen-bond acceptors (Lipinski definition) is 2. The van der Waals surface area contributed by atoms with Crippen LogP contribution in [-0.2, 0) is 11.3 Å². The van der Waals surface area contributed by atoms with Crippen LogP contribution in [0.3, 0.4) is 0 Å². The molecule has 0 saturated heterocycles. The van der Waals surface area contributed by atoms with Crippen LogP contribution in [0.2, 0.25) is 5.02 Å². The van der Waals surface area contributed by atoms with Gasteiger partial charge in [0.2, 0.25) is 5.91 Å². The molecule has 3 nitrogen and oxygen atoms in total. The van der Waals surface area contributed by atoms with E-state index in [1.165, 1.54) is 0 Å². The van der Waals surface area contributed by atoms with Crippen molar-refractivity contribution in [2.75, 3.05) is 4.90 Å². The fourth-order valence-corrected chi connectivity index (χ4v) is 3.31. The predicted molar refractivity (Wildman–Crippen MR) is 107 cm³/mol. The van der Waals surface area contributed by atoms with Crippen molar-refractivity contribution in [1.29, 1.82) is 0 Å². The summed E-state index contributed by atoms with van der Waals surface area (Å²) in [6.45, 7) is 1.97. The highest BCUT2D eigenvalue weighted by Crippen LogP contribution is 2.31. The van der Waals surface area contributed by atoms with Gasteiger partial charge >= 0.3 is 0 Å². The zero-order chi connectivity index (χ0) is 18.1. The Balaban J connectivity index is 1.85. The normalized spacial score (nSPS) is 12.8. The molecule has 128 valence electrons. The topological polar surface area (TPSA) is 33.2 Å². The summed E-state index contributed by atoms with van der Waals surface area (Å²) in [4.78, 5) is 18.9. The van der Waals surface area contributed by atoms with E-state index >= 15 is 0 Å². The van der Waals surface area contributed by atoms with Crippen molar-refractivity contribution < 1.29 is 4.79 Å². The molecule has 26 heavy (non-hydrogen) atoms. The first kappa shape index (κ1) is 16.6. The summed E-state index contributed by atoms with van der Waals surface area (Å²) < 4.78 is 0. The molecule has 0 spiro atoms. The molecule has 3 aromatic rings. The monoisotopic (exact) mass is 360 g/mol. The number of carbonyl (C=O) groups excluding carboxylic acids is 1. The highest BCUT2D eigenvalue weighted by molar-refractivity contribution is 6.31. The van der Waals surface area contributed by atoms with Crippen molar-refractivity contribution in [3.63, 3.8) is 0 Å². The van der Waals surface area contributed by atoms with E-state index in [2.05, 4.69) is 6.07 Å². The van der Waals surface area contributed by atoms with Crippen LogP contribution in [0.25, 0.3) is 23.4 Å². The first-order chi connectivity index (χ1) is 12.6. The fourth-order valence-electron chi connectivity index (χ4n) is 3.15. The molecule has 0 unspecified atom stereocenters. The molecule has 0 fully saturated rings. The standard InChI is InChI=1S/C22H17ClN2O/c1-15(26)25-14-21-17(7-8-18-9-11-19(23)13-22(18)25)10-12-20(24-21)16-5-3-2-4-6-16/h2-13H,14H2,1H3. The van der Waals surface area contributed by atoms with E-state index in [0.29, 0.717) is 11.6 Å². The van der Waals surface area contributed by atoms with Gasteiger partial charge in [0.1, 0.15) is 0 Å². The number of aromatic nitrogens is 1. The zero-order valence-electron chi connectivity index (χ0n) is 14.3. The fraction of sp³-hybridized carbons (Fsp3) is 0.0909. The van der Waals surface area contributed by atoms with Gasteiger partial charge in [-0.3, -0.25) is 9.78 Å². The Morgan fingerprint density at radius 2 is 1.73 bits per heavy atom. The molecule has 1 aliphatic rings. The molecule has 4 rings (SSSR count). The number of amides is 1. The maximum absolute atomic E-state index is 12.3. The lowest BCUT2D eigenvalue weighted by Gasteiger charge is -2.25. The molecule has 4 heteroatoms. The maximum atomic E-state index is 12.3. The molecular weight excluding hydrogens is 344 g/mol. The third-order valence-corrected chi connectivity index (χ3v) is 4.73. The predicted octanol–water partition coefficient (Wildman–Crippen LogP) is 5.44. The van der Waals surface area contributed by atoms with Crippen LogP contribution < -0.4 is 4.90 Å². The summed E-state index contributed by atoms with van der Waals surface area (Å²) in [7, 11) is 0. The SMILES string of the molecule is CC(=O)N1Cc2nc(-c3ccccc3)ccc2C=Cc2ccc(Cl)cc21. The summed E-state index contributed by atoms with van der Waals surface area (Å²) in [6.07, 6.45) is 4.05. The van der Waals surface area contributed by atoms with E-state index in [0.717, 1.165) is 33.8 Å². The van der Waals surface area contributed by atoms with E-state index in [4.69, 9.17) is 16.6 Å². The average molecular weight is 361 g/mol. The number of pyridine rings is 1. The highest BCUT2D eigenvalue weighted by Gasteiger charge is 2.20. The number of benzene rings is 2. The second kappa shape index (κ2) is 6.77. The minimum absolute atomic E-state index is 0.0401. The molecule has 0 radical (unpaired) electrons. The van der Waals surface area contributed by atoms with Crippen LogP contribution >= 0.6 is 11.6 Å². The molecule has 1 amide bonds. The van der Waals surface area contributed by atoms with E-state index in [1.807, 2.05) is 66.7 Å². The first-order valence-corrected chi connectivity index (χ1v) is 8.81. The average Bonchev–Trinajstić information content (AvgIpc) is 2.64. The quantitative estimate of drug-likeness (QED) is 0.579. The van der Waals surface area contributed by atoms with Crippen LogP contribution in [0.5, 0.6) is 0 Å².